The molecular formula is C15H15ClN2O3. The molecule has 110 valence electrons. The number of hydrogen-bond donors (Lipinski definition) is 1. The Morgan fingerprint density at radius 2 is 2.05 bits per heavy atom. The second kappa shape index (κ2) is 6.10. The number of aromatic amines is 1. The molecular weight excluding hydrogens is 292 g/mol. The molecule has 2 rings (SSSR count). The number of carbonyl (C=O) groups excluding carboxylic acids is 1. The molecule has 0 aliphatic rings. The van der Waals surface area contributed by atoms with Crippen LogP contribution in [0.1, 0.15) is 22.6 Å². The molecule has 5 nitrogen and oxygen atoms in total. The van der Waals surface area contributed by atoms with Crippen molar-refractivity contribution >= 4 is 17.6 Å². The molecule has 2 aromatic rings. The highest BCUT2D eigenvalue weighted by molar-refractivity contribution is 6.32. The molecule has 0 aliphatic carbocycles. The molecule has 0 fully saturated rings. The van der Waals surface area contributed by atoms with Crippen LogP contribution >= 0.6 is 11.6 Å². The number of carbonyl (C=O) groups is 1. The number of H-pyrrole nitrogens is 1. The van der Waals surface area contributed by atoms with Crippen molar-refractivity contribution in [3.8, 4) is 5.75 Å². The summed E-state index contributed by atoms with van der Waals surface area (Å²) < 4.78 is 5.19. The fraction of sp³-hybridized carbons (Fsp3) is 0.267. The van der Waals surface area contributed by atoms with Gasteiger partial charge in [-0.15, -0.1) is 0 Å². The highest BCUT2D eigenvalue weighted by Gasteiger charge is 2.14. The summed E-state index contributed by atoms with van der Waals surface area (Å²) in [5.74, 6) is 0.234. The molecule has 1 N–H and O–H groups in total. The molecule has 1 heterocycles. The molecule has 0 radical (unpaired) electrons. The van der Waals surface area contributed by atoms with Gasteiger partial charge in [0.25, 0.3) is 5.56 Å². The normalized spacial score (nSPS) is 10.5. The van der Waals surface area contributed by atoms with E-state index in [2.05, 4.69) is 9.97 Å². The lowest BCUT2D eigenvalue weighted by atomic mass is 10.1. The third kappa shape index (κ3) is 3.70. The average Bonchev–Trinajstić information content (AvgIpc) is 2.37. The standard InChI is InChI=1S/C15H15ClN2O3/c1-8-4-5-13(12(16)6-8)21-14(19)7-11-9(2)17-10(3)18-15(11)20/h4-6H,7H2,1-3H3,(H,17,18,20). The number of aromatic nitrogens is 2. The maximum absolute atomic E-state index is 11.9. The average molecular weight is 307 g/mol. The Bertz CT molecular complexity index is 753. The lowest BCUT2D eigenvalue weighted by Crippen LogP contribution is -2.23. The van der Waals surface area contributed by atoms with Crippen LogP contribution < -0.4 is 10.3 Å². The van der Waals surface area contributed by atoms with E-state index in [1.807, 2.05) is 6.92 Å². The fourth-order valence-corrected chi connectivity index (χ4v) is 2.22. The predicted molar refractivity (Wildman–Crippen MR) is 79.9 cm³/mol. The van der Waals surface area contributed by atoms with Crippen LogP contribution in [0.4, 0.5) is 0 Å². The minimum atomic E-state index is -0.556. The van der Waals surface area contributed by atoms with E-state index in [1.54, 1.807) is 32.0 Å². The largest absolute Gasteiger partial charge is 0.425 e. The molecule has 0 saturated carbocycles. The second-order valence-corrected chi connectivity index (χ2v) is 5.21. The van der Waals surface area contributed by atoms with Crippen molar-refractivity contribution in [2.75, 3.05) is 0 Å². The van der Waals surface area contributed by atoms with Crippen LogP contribution in [0.2, 0.25) is 5.02 Å². The number of rotatable bonds is 3. The van der Waals surface area contributed by atoms with Crippen LogP contribution in [0.25, 0.3) is 0 Å². The molecule has 1 aromatic carbocycles. The van der Waals surface area contributed by atoms with Crippen molar-refractivity contribution < 1.29 is 9.53 Å². The summed E-state index contributed by atoms with van der Waals surface area (Å²) in [5.41, 5.74) is 1.46. The number of esters is 1. The zero-order chi connectivity index (χ0) is 15.6. The summed E-state index contributed by atoms with van der Waals surface area (Å²) in [7, 11) is 0. The minimum Gasteiger partial charge on any atom is -0.425 e. The molecule has 0 saturated heterocycles. The molecule has 0 spiro atoms. The van der Waals surface area contributed by atoms with Crippen LogP contribution in [-0.2, 0) is 11.2 Å². The third-order valence-corrected chi connectivity index (χ3v) is 3.27. The van der Waals surface area contributed by atoms with Crippen LogP contribution in [0, 0.1) is 20.8 Å². The molecule has 0 atom stereocenters. The second-order valence-electron chi connectivity index (χ2n) is 4.80. The summed E-state index contributed by atoms with van der Waals surface area (Å²) in [5, 5.41) is 0.357. The van der Waals surface area contributed by atoms with Gasteiger partial charge < -0.3 is 9.72 Å². The van der Waals surface area contributed by atoms with E-state index in [-0.39, 0.29) is 17.7 Å². The van der Waals surface area contributed by atoms with Crippen molar-refractivity contribution in [2.24, 2.45) is 0 Å². The van der Waals surface area contributed by atoms with Crippen molar-refractivity contribution in [3.05, 3.63) is 56.2 Å². The van der Waals surface area contributed by atoms with Crippen molar-refractivity contribution in [3.63, 3.8) is 0 Å². The van der Waals surface area contributed by atoms with Gasteiger partial charge in [0.2, 0.25) is 0 Å². The first-order valence-electron chi connectivity index (χ1n) is 6.40. The monoisotopic (exact) mass is 306 g/mol. The van der Waals surface area contributed by atoms with E-state index >= 15 is 0 Å². The Hall–Kier alpha value is -2.14. The first-order valence-corrected chi connectivity index (χ1v) is 6.78. The highest BCUT2D eigenvalue weighted by atomic mass is 35.5. The summed E-state index contributed by atoms with van der Waals surface area (Å²) in [6.45, 7) is 5.25. The predicted octanol–water partition coefficient (Wildman–Crippen LogP) is 2.50. The van der Waals surface area contributed by atoms with Crippen molar-refractivity contribution in [1.82, 2.24) is 9.97 Å². The summed E-state index contributed by atoms with van der Waals surface area (Å²) in [4.78, 5) is 30.5. The van der Waals surface area contributed by atoms with E-state index < -0.39 is 5.97 Å². The highest BCUT2D eigenvalue weighted by Crippen LogP contribution is 2.25. The summed E-state index contributed by atoms with van der Waals surface area (Å²) in [6, 6.07) is 5.12. The zero-order valence-electron chi connectivity index (χ0n) is 12.0. The number of aryl methyl sites for hydroxylation is 3. The van der Waals surface area contributed by atoms with Gasteiger partial charge in [-0.2, -0.15) is 0 Å². The Kier molecular flexibility index (Phi) is 4.43. The van der Waals surface area contributed by atoms with E-state index in [0.29, 0.717) is 22.1 Å². The van der Waals surface area contributed by atoms with E-state index in [1.165, 1.54) is 0 Å². The molecule has 0 amide bonds. The smallest absolute Gasteiger partial charge is 0.315 e. The third-order valence-electron chi connectivity index (χ3n) is 2.97. The Morgan fingerprint density at radius 1 is 1.33 bits per heavy atom. The van der Waals surface area contributed by atoms with Crippen LogP contribution in [0.5, 0.6) is 5.75 Å². The number of nitrogens with zero attached hydrogens (tertiary/aromatic N) is 1. The van der Waals surface area contributed by atoms with E-state index in [9.17, 15) is 9.59 Å². The van der Waals surface area contributed by atoms with Gasteiger partial charge in [0, 0.05) is 11.3 Å². The first-order chi connectivity index (χ1) is 9.86. The van der Waals surface area contributed by atoms with E-state index in [0.717, 1.165) is 5.56 Å². The SMILES string of the molecule is Cc1ccc(OC(=O)Cc2c(C)nc(C)[nH]c2=O)c(Cl)c1. The maximum atomic E-state index is 11.9. The number of ether oxygens (including phenoxy) is 1. The fourth-order valence-electron chi connectivity index (χ4n) is 1.95. The van der Waals surface area contributed by atoms with Gasteiger partial charge >= 0.3 is 5.97 Å². The number of halogens is 1. The van der Waals surface area contributed by atoms with Gasteiger partial charge in [0.15, 0.2) is 0 Å². The molecule has 0 unspecified atom stereocenters. The number of hydrogen-bond acceptors (Lipinski definition) is 4. The number of benzene rings is 1. The quantitative estimate of drug-likeness (QED) is 0.698. The Balaban J connectivity index is 2.18. The van der Waals surface area contributed by atoms with Crippen LogP contribution in [0.15, 0.2) is 23.0 Å². The number of nitrogens with one attached hydrogen (secondary N) is 1. The van der Waals surface area contributed by atoms with Gasteiger partial charge in [-0.1, -0.05) is 17.7 Å². The zero-order valence-corrected chi connectivity index (χ0v) is 12.7. The van der Waals surface area contributed by atoms with Crippen LogP contribution in [0.3, 0.4) is 0 Å². The molecule has 0 bridgehead atoms. The maximum Gasteiger partial charge on any atom is 0.315 e. The van der Waals surface area contributed by atoms with Crippen molar-refractivity contribution in [2.45, 2.75) is 27.2 Å². The van der Waals surface area contributed by atoms with Gasteiger partial charge in [0.05, 0.1) is 11.4 Å². The minimum absolute atomic E-state index is 0.154. The van der Waals surface area contributed by atoms with Gasteiger partial charge in [0.1, 0.15) is 11.6 Å². The van der Waals surface area contributed by atoms with Gasteiger partial charge in [-0.05, 0) is 38.5 Å². The molecule has 1 aromatic heterocycles. The lowest BCUT2D eigenvalue weighted by molar-refractivity contribution is -0.133. The summed E-state index contributed by atoms with van der Waals surface area (Å²) in [6.07, 6.45) is -0.154. The Labute approximate surface area is 126 Å². The first kappa shape index (κ1) is 15.3. The van der Waals surface area contributed by atoms with Gasteiger partial charge in [-0.3, -0.25) is 9.59 Å². The molecule has 0 aliphatic heterocycles. The molecule has 6 heteroatoms. The van der Waals surface area contributed by atoms with Crippen LogP contribution in [-0.4, -0.2) is 15.9 Å². The van der Waals surface area contributed by atoms with E-state index in [4.69, 9.17) is 16.3 Å². The van der Waals surface area contributed by atoms with Gasteiger partial charge in [-0.25, -0.2) is 4.98 Å². The van der Waals surface area contributed by atoms with Crippen molar-refractivity contribution in [1.29, 1.82) is 0 Å². The topological polar surface area (TPSA) is 72.0 Å². The molecule has 21 heavy (non-hydrogen) atoms. The summed E-state index contributed by atoms with van der Waals surface area (Å²) >= 11 is 6.00. The lowest BCUT2D eigenvalue weighted by Gasteiger charge is -2.08. The Morgan fingerprint density at radius 3 is 2.67 bits per heavy atom.